The van der Waals surface area contributed by atoms with Gasteiger partial charge in [-0.2, -0.15) is 0 Å². The third kappa shape index (κ3) is 3.62. The van der Waals surface area contributed by atoms with Gasteiger partial charge in [0.25, 0.3) is 0 Å². The van der Waals surface area contributed by atoms with E-state index in [1.54, 1.807) is 6.20 Å². The van der Waals surface area contributed by atoms with Crippen LogP contribution in [0.15, 0.2) is 24.5 Å². The number of amides is 1. The van der Waals surface area contributed by atoms with E-state index in [0.717, 1.165) is 5.56 Å². The van der Waals surface area contributed by atoms with Crippen LogP contribution in [0.25, 0.3) is 0 Å². The maximum Gasteiger partial charge on any atom is 0.236 e. The van der Waals surface area contributed by atoms with E-state index in [0.29, 0.717) is 6.54 Å². The first-order chi connectivity index (χ1) is 7.65. The summed E-state index contributed by atoms with van der Waals surface area (Å²) < 4.78 is 0. The molecule has 1 amide bonds. The van der Waals surface area contributed by atoms with E-state index in [1.165, 1.54) is 0 Å². The molecule has 1 aromatic heterocycles. The van der Waals surface area contributed by atoms with Crippen molar-refractivity contribution >= 4 is 5.91 Å². The van der Waals surface area contributed by atoms with E-state index in [4.69, 9.17) is 0 Å². The largest absolute Gasteiger partial charge is 0.355 e. The lowest BCUT2D eigenvalue weighted by atomic mass is 10.1. The highest BCUT2D eigenvalue weighted by Crippen LogP contribution is 2.10. The molecule has 0 radical (unpaired) electrons. The number of carbonyl (C=O) groups is 1. The zero-order valence-corrected chi connectivity index (χ0v) is 10.0. The maximum atomic E-state index is 11.5. The van der Waals surface area contributed by atoms with Gasteiger partial charge in [0.15, 0.2) is 0 Å². The second-order valence-electron chi connectivity index (χ2n) is 3.79. The second kappa shape index (κ2) is 6.23. The lowest BCUT2D eigenvalue weighted by Crippen LogP contribution is -2.43. The Morgan fingerprint density at radius 1 is 1.50 bits per heavy atom. The van der Waals surface area contributed by atoms with Gasteiger partial charge in [0.1, 0.15) is 0 Å². The maximum absolute atomic E-state index is 11.5. The lowest BCUT2D eigenvalue weighted by Gasteiger charge is -2.19. The Labute approximate surface area is 96.5 Å². The smallest absolute Gasteiger partial charge is 0.236 e. The first-order valence-electron chi connectivity index (χ1n) is 5.58. The summed E-state index contributed by atoms with van der Waals surface area (Å²) in [4.78, 5) is 15.6. The van der Waals surface area contributed by atoms with Crippen molar-refractivity contribution < 1.29 is 4.79 Å². The number of aromatic nitrogens is 1. The average Bonchev–Trinajstić information content (AvgIpc) is 2.30. The summed E-state index contributed by atoms with van der Waals surface area (Å²) in [6.45, 7) is 6.45. The van der Waals surface area contributed by atoms with E-state index in [2.05, 4.69) is 15.6 Å². The zero-order valence-electron chi connectivity index (χ0n) is 10.0. The molecule has 4 heteroatoms. The Hall–Kier alpha value is -1.42. The number of likely N-dealkylation sites (N-methyl/N-ethyl adjacent to an activating group) is 1. The summed E-state index contributed by atoms with van der Waals surface area (Å²) in [6, 6.07) is 3.81. The van der Waals surface area contributed by atoms with E-state index < -0.39 is 0 Å². The van der Waals surface area contributed by atoms with Crippen LogP contribution >= 0.6 is 0 Å². The van der Waals surface area contributed by atoms with Gasteiger partial charge < -0.3 is 5.32 Å². The fourth-order valence-corrected chi connectivity index (χ4v) is 1.51. The number of nitrogens with one attached hydrogen (secondary N) is 2. The molecule has 2 atom stereocenters. The van der Waals surface area contributed by atoms with Gasteiger partial charge in [-0.3, -0.25) is 15.1 Å². The lowest BCUT2D eigenvalue weighted by molar-refractivity contribution is -0.122. The molecular weight excluding hydrogens is 202 g/mol. The third-order valence-corrected chi connectivity index (χ3v) is 2.43. The molecule has 0 saturated carbocycles. The van der Waals surface area contributed by atoms with Crippen molar-refractivity contribution in [1.29, 1.82) is 0 Å². The molecule has 0 aliphatic heterocycles. The van der Waals surface area contributed by atoms with Crippen molar-refractivity contribution in [3.8, 4) is 0 Å². The molecule has 0 bridgehead atoms. The summed E-state index contributed by atoms with van der Waals surface area (Å²) in [6.07, 6.45) is 3.55. The monoisotopic (exact) mass is 221 g/mol. The van der Waals surface area contributed by atoms with Crippen molar-refractivity contribution in [2.45, 2.75) is 32.9 Å². The Morgan fingerprint density at radius 2 is 2.25 bits per heavy atom. The summed E-state index contributed by atoms with van der Waals surface area (Å²) in [7, 11) is 0. The molecule has 1 rings (SSSR count). The van der Waals surface area contributed by atoms with Crippen LogP contribution < -0.4 is 10.6 Å². The minimum Gasteiger partial charge on any atom is -0.355 e. The van der Waals surface area contributed by atoms with Crippen LogP contribution in [0.1, 0.15) is 32.4 Å². The second-order valence-corrected chi connectivity index (χ2v) is 3.79. The first kappa shape index (κ1) is 12.6. The molecule has 0 spiro atoms. The van der Waals surface area contributed by atoms with Crippen LogP contribution in [0.5, 0.6) is 0 Å². The average molecular weight is 221 g/mol. The van der Waals surface area contributed by atoms with E-state index in [-0.39, 0.29) is 18.0 Å². The number of hydrogen-bond acceptors (Lipinski definition) is 3. The highest BCUT2D eigenvalue weighted by molar-refractivity contribution is 5.81. The Bertz CT molecular complexity index is 326. The molecule has 1 unspecified atom stereocenters. The van der Waals surface area contributed by atoms with Crippen molar-refractivity contribution in [1.82, 2.24) is 15.6 Å². The van der Waals surface area contributed by atoms with Crippen LogP contribution in [0.4, 0.5) is 0 Å². The first-order valence-corrected chi connectivity index (χ1v) is 5.58. The normalized spacial score (nSPS) is 14.2. The Kier molecular flexibility index (Phi) is 4.92. The summed E-state index contributed by atoms with van der Waals surface area (Å²) in [5, 5.41) is 6.01. The highest BCUT2D eigenvalue weighted by Gasteiger charge is 2.15. The highest BCUT2D eigenvalue weighted by atomic mass is 16.2. The molecule has 0 aromatic carbocycles. The zero-order chi connectivity index (χ0) is 12.0. The Balaban J connectivity index is 2.51. The summed E-state index contributed by atoms with van der Waals surface area (Å²) in [5.41, 5.74) is 1.08. The number of pyridine rings is 1. The SMILES string of the molecule is CCNC(=O)C(C)N[C@H](C)c1cccnc1. The van der Waals surface area contributed by atoms with Gasteiger partial charge in [-0.05, 0) is 32.4 Å². The van der Waals surface area contributed by atoms with Gasteiger partial charge >= 0.3 is 0 Å². The quantitative estimate of drug-likeness (QED) is 0.787. The molecule has 1 heterocycles. The van der Waals surface area contributed by atoms with E-state index in [1.807, 2.05) is 39.1 Å². The number of hydrogen-bond donors (Lipinski definition) is 2. The fraction of sp³-hybridized carbons (Fsp3) is 0.500. The van der Waals surface area contributed by atoms with Crippen molar-refractivity contribution in [3.63, 3.8) is 0 Å². The van der Waals surface area contributed by atoms with E-state index in [9.17, 15) is 4.79 Å². The molecule has 4 nitrogen and oxygen atoms in total. The van der Waals surface area contributed by atoms with Gasteiger partial charge in [0, 0.05) is 25.0 Å². The van der Waals surface area contributed by atoms with Gasteiger partial charge in [-0.15, -0.1) is 0 Å². The molecule has 0 aliphatic carbocycles. The Morgan fingerprint density at radius 3 is 2.81 bits per heavy atom. The summed E-state index contributed by atoms with van der Waals surface area (Å²) in [5.74, 6) is 0.0261. The van der Waals surface area contributed by atoms with Crippen LogP contribution in [-0.2, 0) is 4.79 Å². The predicted octanol–water partition coefficient (Wildman–Crippen LogP) is 1.26. The molecule has 0 fully saturated rings. The topological polar surface area (TPSA) is 54.0 Å². The van der Waals surface area contributed by atoms with Gasteiger partial charge in [0.05, 0.1) is 6.04 Å². The van der Waals surface area contributed by atoms with Crippen molar-refractivity contribution in [2.24, 2.45) is 0 Å². The minimum absolute atomic E-state index is 0.0261. The molecular formula is C12H19N3O. The standard InChI is InChI=1S/C12H19N3O/c1-4-14-12(16)10(3)15-9(2)11-6-5-7-13-8-11/h5-10,15H,4H2,1-3H3,(H,14,16)/t9-,10?/m1/s1. The van der Waals surface area contributed by atoms with Gasteiger partial charge in [0.2, 0.25) is 5.91 Å². The molecule has 0 saturated heterocycles. The van der Waals surface area contributed by atoms with E-state index >= 15 is 0 Å². The number of nitrogens with zero attached hydrogens (tertiary/aromatic N) is 1. The van der Waals surface area contributed by atoms with Gasteiger partial charge in [-0.1, -0.05) is 6.07 Å². The summed E-state index contributed by atoms with van der Waals surface area (Å²) >= 11 is 0. The molecule has 0 aliphatic rings. The number of carbonyl (C=O) groups excluding carboxylic acids is 1. The fourth-order valence-electron chi connectivity index (χ4n) is 1.51. The van der Waals surface area contributed by atoms with Crippen molar-refractivity contribution in [2.75, 3.05) is 6.54 Å². The predicted molar refractivity (Wildman–Crippen MR) is 63.9 cm³/mol. The van der Waals surface area contributed by atoms with Gasteiger partial charge in [-0.25, -0.2) is 0 Å². The van der Waals surface area contributed by atoms with Crippen LogP contribution in [0.2, 0.25) is 0 Å². The number of rotatable bonds is 5. The van der Waals surface area contributed by atoms with Crippen molar-refractivity contribution in [3.05, 3.63) is 30.1 Å². The molecule has 2 N–H and O–H groups in total. The molecule has 1 aromatic rings. The van der Waals surface area contributed by atoms with Crippen LogP contribution in [-0.4, -0.2) is 23.5 Å². The molecule has 88 valence electrons. The molecule has 16 heavy (non-hydrogen) atoms. The third-order valence-electron chi connectivity index (χ3n) is 2.43. The van der Waals surface area contributed by atoms with Crippen LogP contribution in [0.3, 0.4) is 0 Å². The van der Waals surface area contributed by atoms with Crippen LogP contribution in [0, 0.1) is 0 Å². The minimum atomic E-state index is -0.199.